The van der Waals surface area contributed by atoms with Crippen LogP contribution in [0.15, 0.2) is 41.3 Å². The summed E-state index contributed by atoms with van der Waals surface area (Å²) in [7, 11) is -4.18. The van der Waals surface area contributed by atoms with Crippen molar-refractivity contribution in [3.8, 4) is 0 Å². The number of alkyl halides is 3. The van der Waals surface area contributed by atoms with Gasteiger partial charge in [0.1, 0.15) is 6.10 Å². The molecule has 0 amide bonds. The summed E-state index contributed by atoms with van der Waals surface area (Å²) >= 11 is 5.67. The summed E-state index contributed by atoms with van der Waals surface area (Å²) in [5.74, 6) is 0. The molecule has 1 unspecified atom stereocenters. The highest BCUT2D eigenvalue weighted by molar-refractivity contribution is 7.86. The second-order valence-electron chi connectivity index (χ2n) is 5.53. The Hall–Kier alpha value is -1.81. The van der Waals surface area contributed by atoms with Crippen molar-refractivity contribution >= 4 is 27.4 Å². The molecule has 0 aliphatic carbocycles. The smallest absolute Gasteiger partial charge is 0.397 e. The van der Waals surface area contributed by atoms with Gasteiger partial charge in [0.15, 0.2) is 0 Å². The first kappa shape index (κ1) is 20.5. The van der Waals surface area contributed by atoms with Gasteiger partial charge in [-0.25, -0.2) is 0 Å². The second kappa shape index (κ2) is 7.43. The number of hydrogen-bond acceptors (Lipinski definition) is 5. The van der Waals surface area contributed by atoms with E-state index >= 15 is 0 Å². The second-order valence-corrected chi connectivity index (χ2v) is 7.55. The quantitative estimate of drug-likeness (QED) is 0.580. The van der Waals surface area contributed by atoms with Gasteiger partial charge < -0.3 is 10.8 Å². The van der Waals surface area contributed by atoms with Crippen LogP contribution in [0, 0.1) is 6.92 Å². The molecule has 0 spiro atoms. The molecule has 0 aromatic heterocycles. The van der Waals surface area contributed by atoms with Crippen molar-refractivity contribution in [3.05, 3.63) is 58.1 Å². The molecule has 0 heterocycles. The van der Waals surface area contributed by atoms with E-state index in [1.54, 1.807) is 19.1 Å². The predicted octanol–water partition coefficient (Wildman–Crippen LogP) is 3.69. The number of aliphatic hydroxyl groups excluding tert-OH is 1. The Labute approximate surface area is 153 Å². The van der Waals surface area contributed by atoms with E-state index in [1.807, 2.05) is 0 Å². The molecule has 3 N–H and O–H groups in total. The van der Waals surface area contributed by atoms with Crippen molar-refractivity contribution in [2.45, 2.75) is 24.1 Å². The molecule has 1 atom stereocenters. The standard InChI is InChI=1S/C16H15ClF3NO4S/c1-9-2-4-11(5-3-9)26(23,24)25-8-14(22)10-6-12(16(18,19)20)15(21)13(17)7-10/h2-7,14,22H,8,21H2,1H3. The van der Waals surface area contributed by atoms with Crippen molar-refractivity contribution in [1.29, 1.82) is 0 Å². The van der Waals surface area contributed by atoms with E-state index in [4.69, 9.17) is 21.5 Å². The topological polar surface area (TPSA) is 89.6 Å². The van der Waals surface area contributed by atoms with E-state index < -0.39 is 45.3 Å². The number of rotatable bonds is 5. The first-order valence-electron chi connectivity index (χ1n) is 7.22. The molecule has 0 radical (unpaired) electrons. The predicted molar refractivity (Wildman–Crippen MR) is 90.1 cm³/mol. The Bertz CT molecular complexity index is 899. The third-order valence-corrected chi connectivity index (χ3v) is 5.14. The van der Waals surface area contributed by atoms with E-state index in [9.17, 15) is 26.7 Å². The van der Waals surface area contributed by atoms with Gasteiger partial charge in [-0.05, 0) is 36.8 Å². The minimum absolute atomic E-state index is 0.137. The van der Waals surface area contributed by atoms with Crippen LogP contribution in [0.1, 0.15) is 22.8 Å². The Balaban J connectivity index is 2.21. The van der Waals surface area contributed by atoms with E-state index in [0.29, 0.717) is 6.07 Å². The van der Waals surface area contributed by atoms with Crippen molar-refractivity contribution in [2.24, 2.45) is 0 Å². The molecule has 5 nitrogen and oxygen atoms in total. The van der Waals surface area contributed by atoms with Crippen LogP contribution in [-0.2, 0) is 20.5 Å². The van der Waals surface area contributed by atoms with E-state index in [0.717, 1.165) is 11.6 Å². The number of benzene rings is 2. The number of aryl methyl sites for hydroxylation is 1. The molecule has 142 valence electrons. The van der Waals surface area contributed by atoms with Crippen molar-refractivity contribution in [2.75, 3.05) is 12.3 Å². The van der Waals surface area contributed by atoms with Gasteiger partial charge in [0, 0.05) is 0 Å². The molecule has 0 aliphatic rings. The van der Waals surface area contributed by atoms with Crippen LogP contribution >= 0.6 is 11.6 Å². The third kappa shape index (κ3) is 4.67. The minimum atomic E-state index is -4.78. The van der Waals surface area contributed by atoms with Crippen LogP contribution in [-0.4, -0.2) is 20.1 Å². The average molecular weight is 410 g/mol. The number of anilines is 1. The Kier molecular flexibility index (Phi) is 5.86. The summed E-state index contributed by atoms with van der Waals surface area (Å²) in [4.78, 5) is -0.137. The van der Waals surface area contributed by atoms with E-state index in [2.05, 4.69) is 0 Å². The molecule has 2 aromatic rings. The molecule has 0 fully saturated rings. The lowest BCUT2D eigenvalue weighted by molar-refractivity contribution is -0.137. The van der Waals surface area contributed by atoms with Gasteiger partial charge in [-0.2, -0.15) is 21.6 Å². The Morgan fingerprint density at radius 3 is 2.35 bits per heavy atom. The monoisotopic (exact) mass is 409 g/mol. The number of nitrogens with two attached hydrogens (primary N) is 1. The fraction of sp³-hybridized carbons (Fsp3) is 0.250. The van der Waals surface area contributed by atoms with Gasteiger partial charge in [0.05, 0.1) is 27.8 Å². The fourth-order valence-corrected chi connectivity index (χ4v) is 3.23. The summed E-state index contributed by atoms with van der Waals surface area (Å²) in [6, 6.07) is 7.38. The van der Waals surface area contributed by atoms with Crippen LogP contribution in [0.4, 0.5) is 18.9 Å². The summed E-state index contributed by atoms with van der Waals surface area (Å²) in [6.07, 6.45) is -6.44. The lowest BCUT2D eigenvalue weighted by atomic mass is 10.0. The zero-order valence-electron chi connectivity index (χ0n) is 13.4. The van der Waals surface area contributed by atoms with Crippen LogP contribution in [0.5, 0.6) is 0 Å². The SMILES string of the molecule is Cc1ccc(S(=O)(=O)OCC(O)c2cc(Cl)c(N)c(C(F)(F)F)c2)cc1. The summed E-state index contributed by atoms with van der Waals surface area (Å²) < 4.78 is 67.7. The van der Waals surface area contributed by atoms with Crippen LogP contribution in [0.25, 0.3) is 0 Å². The summed E-state index contributed by atoms with van der Waals surface area (Å²) in [5.41, 5.74) is 3.97. The van der Waals surface area contributed by atoms with Crippen molar-refractivity contribution < 1.29 is 30.9 Å². The number of halogens is 4. The zero-order chi connectivity index (χ0) is 19.7. The number of nitrogen functional groups attached to an aromatic ring is 1. The van der Waals surface area contributed by atoms with Gasteiger partial charge in [0.2, 0.25) is 0 Å². The van der Waals surface area contributed by atoms with Gasteiger partial charge in [-0.1, -0.05) is 29.3 Å². The van der Waals surface area contributed by atoms with Gasteiger partial charge in [0.25, 0.3) is 10.1 Å². The molecule has 2 aromatic carbocycles. The van der Waals surface area contributed by atoms with E-state index in [-0.39, 0.29) is 10.5 Å². The molecular formula is C16H15ClF3NO4S. The first-order valence-corrected chi connectivity index (χ1v) is 9.00. The molecule has 10 heteroatoms. The molecule has 2 rings (SSSR count). The van der Waals surface area contributed by atoms with Crippen LogP contribution in [0.2, 0.25) is 5.02 Å². The number of aliphatic hydroxyl groups is 1. The van der Waals surface area contributed by atoms with Crippen LogP contribution < -0.4 is 5.73 Å². The Morgan fingerprint density at radius 2 is 1.81 bits per heavy atom. The summed E-state index contributed by atoms with van der Waals surface area (Å²) in [5, 5.41) is 9.62. The molecular weight excluding hydrogens is 395 g/mol. The zero-order valence-corrected chi connectivity index (χ0v) is 15.0. The average Bonchev–Trinajstić information content (AvgIpc) is 2.54. The van der Waals surface area contributed by atoms with Gasteiger partial charge >= 0.3 is 6.18 Å². The third-order valence-electron chi connectivity index (χ3n) is 3.53. The maximum atomic E-state index is 13.0. The lowest BCUT2D eigenvalue weighted by Gasteiger charge is -2.17. The highest BCUT2D eigenvalue weighted by atomic mass is 35.5. The molecule has 26 heavy (non-hydrogen) atoms. The largest absolute Gasteiger partial charge is 0.418 e. The molecule has 0 saturated carbocycles. The van der Waals surface area contributed by atoms with Gasteiger partial charge in [-0.3, -0.25) is 4.18 Å². The molecule has 0 saturated heterocycles. The maximum Gasteiger partial charge on any atom is 0.418 e. The van der Waals surface area contributed by atoms with Gasteiger partial charge in [-0.15, -0.1) is 0 Å². The summed E-state index contributed by atoms with van der Waals surface area (Å²) in [6.45, 7) is 0.984. The lowest BCUT2D eigenvalue weighted by Crippen LogP contribution is -2.15. The number of hydrogen-bond donors (Lipinski definition) is 2. The van der Waals surface area contributed by atoms with Crippen LogP contribution in [0.3, 0.4) is 0 Å². The van der Waals surface area contributed by atoms with Crippen molar-refractivity contribution in [1.82, 2.24) is 0 Å². The maximum absolute atomic E-state index is 13.0. The first-order chi connectivity index (χ1) is 11.9. The minimum Gasteiger partial charge on any atom is -0.397 e. The molecule has 0 aliphatic heterocycles. The normalized spacial score (nSPS) is 13.6. The fourth-order valence-electron chi connectivity index (χ4n) is 2.09. The highest BCUT2D eigenvalue weighted by Gasteiger charge is 2.35. The van der Waals surface area contributed by atoms with Crippen molar-refractivity contribution in [3.63, 3.8) is 0 Å². The Morgan fingerprint density at radius 1 is 1.23 bits per heavy atom. The molecule has 0 bridgehead atoms. The van der Waals surface area contributed by atoms with E-state index in [1.165, 1.54) is 12.1 Å². The highest BCUT2D eigenvalue weighted by Crippen LogP contribution is 2.39.